The Balaban J connectivity index is 3.67. The molecule has 0 aliphatic carbocycles. The largest absolute Gasteiger partial charge is 0.394 e. The van der Waals surface area contributed by atoms with Gasteiger partial charge in [-0.15, -0.1) is 0 Å². The first-order valence-electron chi connectivity index (χ1n) is 8.48. The third kappa shape index (κ3) is 6.84. The Morgan fingerprint density at radius 1 is 0.862 bits per heavy atom. The Hall–Kier alpha value is -0.300. The summed E-state index contributed by atoms with van der Waals surface area (Å²) >= 11 is 5.68. The first-order chi connectivity index (χ1) is 13.5. The molecule has 0 aliphatic heterocycles. The minimum atomic E-state index is -1.29. The molecule has 3 amide bonds. The number of halogens is 3. The molecule has 29 heavy (non-hydrogen) atoms. The van der Waals surface area contributed by atoms with Gasteiger partial charge in [0.05, 0.1) is 43.2 Å². The van der Waals surface area contributed by atoms with Gasteiger partial charge in [0, 0.05) is 9.61 Å². The van der Waals surface area contributed by atoms with Crippen molar-refractivity contribution < 1.29 is 29.7 Å². The molecule has 6 N–H and O–H groups in total. The van der Waals surface area contributed by atoms with Crippen molar-refractivity contribution in [3.63, 3.8) is 0 Å². The lowest BCUT2D eigenvalue weighted by Gasteiger charge is -2.21. The molecule has 0 heterocycles. The smallest absolute Gasteiger partial charge is 0.253 e. The van der Waals surface area contributed by atoms with Crippen molar-refractivity contribution >= 4 is 91.2 Å². The van der Waals surface area contributed by atoms with Crippen LogP contribution in [0.25, 0.3) is 0 Å². The topological polar surface area (TPSA) is 148 Å². The summed E-state index contributed by atoms with van der Waals surface area (Å²) in [4.78, 5) is 37.7. The number of rotatable bonds is 8. The maximum Gasteiger partial charge on any atom is 0.253 e. The lowest BCUT2D eigenvalue weighted by molar-refractivity contribution is -0.123. The van der Waals surface area contributed by atoms with Crippen LogP contribution in [0.1, 0.15) is 41.5 Å². The summed E-state index contributed by atoms with van der Waals surface area (Å²) in [5.41, 5.74) is 0.547. The quantitative estimate of drug-likeness (QED) is 0.220. The highest BCUT2D eigenvalue weighted by molar-refractivity contribution is 14.1. The molecule has 1 aromatic rings. The molecule has 9 nitrogen and oxygen atoms in total. The van der Waals surface area contributed by atoms with E-state index in [1.54, 1.807) is 13.8 Å². The van der Waals surface area contributed by atoms with Gasteiger partial charge >= 0.3 is 0 Å². The van der Waals surface area contributed by atoms with Crippen LogP contribution in [0, 0.1) is 10.7 Å². The monoisotopic (exact) mass is 745 g/mol. The predicted molar refractivity (Wildman–Crippen MR) is 133 cm³/mol. The van der Waals surface area contributed by atoms with Gasteiger partial charge in [0.1, 0.15) is 6.10 Å². The van der Waals surface area contributed by atoms with Gasteiger partial charge in [-0.05, 0) is 88.5 Å². The van der Waals surface area contributed by atoms with Gasteiger partial charge in [-0.2, -0.15) is 0 Å². The maximum absolute atomic E-state index is 12.9. The van der Waals surface area contributed by atoms with Crippen LogP contribution in [0.2, 0.25) is 0 Å². The highest BCUT2D eigenvalue weighted by Gasteiger charge is 2.30. The van der Waals surface area contributed by atoms with Crippen molar-refractivity contribution in [1.29, 1.82) is 0 Å². The second-order valence-electron chi connectivity index (χ2n) is 6.40. The SMILES string of the molecule is CC(C)NC(=O)c1c(I)c(NC(=O)[C@H](C)O)c(I)c(C(=O)NC(CO)CO)c1I. The van der Waals surface area contributed by atoms with E-state index >= 15 is 0 Å². The number of hydrogen-bond acceptors (Lipinski definition) is 6. The van der Waals surface area contributed by atoms with E-state index in [9.17, 15) is 29.7 Å². The summed E-state index contributed by atoms with van der Waals surface area (Å²) in [6, 6.07) is -1.04. The van der Waals surface area contributed by atoms with Crippen LogP contribution >= 0.6 is 67.8 Å². The average molecular weight is 745 g/mol. The summed E-state index contributed by atoms with van der Waals surface area (Å²) in [7, 11) is 0. The third-order valence-corrected chi connectivity index (χ3v) is 6.83. The Labute approximate surface area is 209 Å². The summed E-state index contributed by atoms with van der Waals surface area (Å²) in [5.74, 6) is -1.73. The Bertz CT molecular complexity index is 797. The van der Waals surface area contributed by atoms with Gasteiger partial charge in [-0.25, -0.2) is 0 Å². The predicted octanol–water partition coefficient (Wildman–Crippen LogP) is 1.04. The highest BCUT2D eigenvalue weighted by atomic mass is 127. The van der Waals surface area contributed by atoms with Gasteiger partial charge in [0.2, 0.25) is 0 Å². The molecule has 0 spiro atoms. The molecule has 0 fully saturated rings. The summed E-state index contributed by atoms with van der Waals surface area (Å²) in [6.45, 7) is 3.95. The summed E-state index contributed by atoms with van der Waals surface area (Å²) in [5, 5.41) is 35.9. The van der Waals surface area contributed by atoms with Crippen LogP contribution in [-0.4, -0.2) is 64.4 Å². The number of carbonyl (C=O) groups is 3. The molecule has 0 aromatic heterocycles. The van der Waals surface area contributed by atoms with Gasteiger partial charge in [-0.1, -0.05) is 0 Å². The first kappa shape index (κ1) is 26.7. The molecule has 0 radical (unpaired) electrons. The van der Waals surface area contributed by atoms with E-state index in [2.05, 4.69) is 16.0 Å². The van der Waals surface area contributed by atoms with Crippen LogP contribution in [0.3, 0.4) is 0 Å². The zero-order valence-corrected chi connectivity index (χ0v) is 22.3. The molecule has 1 atom stereocenters. The normalized spacial score (nSPS) is 12.1. The number of amides is 3. The average Bonchev–Trinajstić information content (AvgIpc) is 2.62. The number of aliphatic hydroxyl groups is 3. The van der Waals surface area contributed by atoms with Crippen LogP contribution in [0.4, 0.5) is 5.69 Å². The molecule has 1 rings (SSSR count). The van der Waals surface area contributed by atoms with Crippen molar-refractivity contribution in [2.75, 3.05) is 18.5 Å². The van der Waals surface area contributed by atoms with Crippen molar-refractivity contribution in [3.8, 4) is 0 Å². The van der Waals surface area contributed by atoms with Crippen molar-refractivity contribution in [3.05, 3.63) is 21.8 Å². The summed E-state index contributed by atoms with van der Waals surface area (Å²) in [6.07, 6.45) is -1.29. The number of benzene rings is 1. The minimum absolute atomic E-state index is 0.119. The Morgan fingerprint density at radius 2 is 1.31 bits per heavy atom. The lowest BCUT2D eigenvalue weighted by atomic mass is 10.1. The van der Waals surface area contributed by atoms with E-state index in [0.29, 0.717) is 10.7 Å². The molecule has 162 valence electrons. The van der Waals surface area contributed by atoms with Gasteiger partial charge in [0.25, 0.3) is 17.7 Å². The molecule has 0 saturated heterocycles. The van der Waals surface area contributed by atoms with E-state index in [4.69, 9.17) is 0 Å². The number of nitrogens with one attached hydrogen (secondary N) is 3. The molecule has 0 saturated carbocycles. The van der Waals surface area contributed by atoms with E-state index in [1.807, 2.05) is 67.8 Å². The van der Waals surface area contributed by atoms with E-state index in [0.717, 1.165) is 0 Å². The minimum Gasteiger partial charge on any atom is -0.394 e. The van der Waals surface area contributed by atoms with Gasteiger partial charge < -0.3 is 31.3 Å². The van der Waals surface area contributed by atoms with Crippen molar-refractivity contribution in [1.82, 2.24) is 10.6 Å². The maximum atomic E-state index is 12.9. The molecule has 0 aliphatic rings. The fraction of sp³-hybridized carbons (Fsp3) is 0.471. The Kier molecular flexibility index (Phi) is 11.0. The second-order valence-corrected chi connectivity index (χ2v) is 9.63. The highest BCUT2D eigenvalue weighted by Crippen LogP contribution is 2.36. The molecule has 1 aromatic carbocycles. The third-order valence-electron chi connectivity index (χ3n) is 3.59. The fourth-order valence-electron chi connectivity index (χ4n) is 2.14. The van der Waals surface area contributed by atoms with E-state index in [-0.39, 0.29) is 22.9 Å². The van der Waals surface area contributed by atoms with Crippen LogP contribution in [-0.2, 0) is 4.79 Å². The number of anilines is 1. The number of aliphatic hydroxyl groups excluding tert-OH is 3. The fourth-order valence-corrected chi connectivity index (χ4v) is 6.56. The summed E-state index contributed by atoms with van der Waals surface area (Å²) < 4.78 is 1.14. The number of carbonyl (C=O) groups excluding carboxylic acids is 3. The van der Waals surface area contributed by atoms with E-state index < -0.39 is 43.1 Å². The zero-order chi connectivity index (χ0) is 22.5. The van der Waals surface area contributed by atoms with Crippen molar-refractivity contribution in [2.45, 2.75) is 39.0 Å². The number of hydrogen-bond donors (Lipinski definition) is 6. The first-order valence-corrected chi connectivity index (χ1v) is 11.7. The van der Waals surface area contributed by atoms with Crippen LogP contribution < -0.4 is 16.0 Å². The molecule has 0 unspecified atom stereocenters. The second kappa shape index (κ2) is 11.9. The van der Waals surface area contributed by atoms with E-state index in [1.165, 1.54) is 6.92 Å². The van der Waals surface area contributed by atoms with Crippen LogP contribution in [0.5, 0.6) is 0 Å². The molecular formula is C17H22I3N3O6. The van der Waals surface area contributed by atoms with Gasteiger partial charge in [0.15, 0.2) is 0 Å². The molecule has 0 bridgehead atoms. The zero-order valence-electron chi connectivity index (χ0n) is 15.8. The van der Waals surface area contributed by atoms with Crippen molar-refractivity contribution in [2.24, 2.45) is 0 Å². The molecular weight excluding hydrogens is 723 g/mol. The Morgan fingerprint density at radius 3 is 1.69 bits per heavy atom. The molecule has 12 heteroatoms. The van der Waals surface area contributed by atoms with Gasteiger partial charge in [-0.3, -0.25) is 14.4 Å². The standard InChI is InChI=1S/C17H22I3N3O6/c1-6(2)21-16(28)9-11(18)10(17(29)22-8(4-24)5-25)13(20)14(12(9)19)23-15(27)7(3)26/h6-8,24-26H,4-5H2,1-3H3,(H,21,28)(H,22,29)(H,23,27)/t7-/m0/s1. The lowest BCUT2D eigenvalue weighted by Crippen LogP contribution is -2.41. The van der Waals surface area contributed by atoms with Crippen LogP contribution in [0.15, 0.2) is 0 Å².